The molecule has 0 atom stereocenters. The second-order valence-electron chi connectivity index (χ2n) is 4.09. The smallest absolute Gasteiger partial charge is 0.306 e. The van der Waals surface area contributed by atoms with Gasteiger partial charge < -0.3 is 4.98 Å². The minimum Gasteiger partial charge on any atom is -0.306 e. The molecule has 0 bridgehead atoms. The summed E-state index contributed by atoms with van der Waals surface area (Å²) < 4.78 is 1.77. The number of H-pyrrole nitrogens is 2. The Morgan fingerprint density at radius 3 is 2.95 bits per heavy atom. The Balaban J connectivity index is 0.00000147. The zero-order valence-corrected chi connectivity index (χ0v) is 12.2. The highest BCUT2D eigenvalue weighted by molar-refractivity contribution is 7.99. The van der Waals surface area contributed by atoms with Crippen LogP contribution in [0.2, 0.25) is 0 Å². The Labute approximate surface area is 125 Å². The van der Waals surface area contributed by atoms with Crippen molar-refractivity contribution in [2.45, 2.75) is 18.1 Å². The monoisotopic (exact) mass is 311 g/mol. The Bertz CT molecular complexity index is 721. The third kappa shape index (κ3) is 3.05. The molecule has 20 heavy (non-hydrogen) atoms. The van der Waals surface area contributed by atoms with Crippen molar-refractivity contribution in [3.8, 4) is 0 Å². The van der Waals surface area contributed by atoms with E-state index in [0.717, 1.165) is 28.4 Å². The summed E-state index contributed by atoms with van der Waals surface area (Å²) in [5.74, 6) is 0.890. The van der Waals surface area contributed by atoms with Gasteiger partial charge in [0.05, 0.1) is 11.0 Å². The fourth-order valence-corrected chi connectivity index (χ4v) is 2.69. The molecule has 0 aliphatic rings. The standard InChI is InChI=1S/C12H13N5OS.ClH/c18-12-15-9-4-1-2-5-10(9)17(12)6-3-7-19-11-13-8-14-16-11;/h1-2,4-5,8H,3,6-7H2,(H,15,18)(H,13,14,16);1H. The summed E-state index contributed by atoms with van der Waals surface area (Å²) in [6.45, 7) is 0.698. The summed E-state index contributed by atoms with van der Waals surface area (Å²) in [6, 6.07) is 7.73. The molecule has 8 heteroatoms. The van der Waals surface area contributed by atoms with Gasteiger partial charge in [0, 0.05) is 12.3 Å². The van der Waals surface area contributed by atoms with Crippen molar-refractivity contribution in [2.75, 3.05) is 5.75 Å². The van der Waals surface area contributed by atoms with E-state index in [1.807, 2.05) is 24.3 Å². The van der Waals surface area contributed by atoms with Gasteiger partial charge in [-0.15, -0.1) is 12.4 Å². The highest BCUT2D eigenvalue weighted by Crippen LogP contribution is 2.14. The zero-order chi connectivity index (χ0) is 13.1. The van der Waals surface area contributed by atoms with Crippen LogP contribution >= 0.6 is 24.2 Å². The molecule has 0 saturated heterocycles. The molecule has 0 saturated carbocycles. The number of fused-ring (bicyclic) bond motifs is 1. The quantitative estimate of drug-likeness (QED) is 0.558. The largest absolute Gasteiger partial charge is 0.326 e. The minimum absolute atomic E-state index is 0. The molecular weight excluding hydrogens is 298 g/mol. The second kappa shape index (κ2) is 6.62. The van der Waals surface area contributed by atoms with E-state index in [1.54, 1.807) is 16.3 Å². The Hall–Kier alpha value is -1.73. The molecule has 0 amide bonds. The molecule has 3 aromatic rings. The fourth-order valence-electron chi connectivity index (χ4n) is 1.98. The van der Waals surface area contributed by atoms with Gasteiger partial charge >= 0.3 is 5.69 Å². The molecule has 2 N–H and O–H groups in total. The van der Waals surface area contributed by atoms with Crippen molar-refractivity contribution in [2.24, 2.45) is 0 Å². The number of para-hydroxylation sites is 2. The maximum absolute atomic E-state index is 11.8. The van der Waals surface area contributed by atoms with Gasteiger partial charge in [-0.25, -0.2) is 9.78 Å². The first-order valence-electron chi connectivity index (χ1n) is 6.00. The van der Waals surface area contributed by atoms with Crippen LogP contribution in [0.4, 0.5) is 0 Å². The minimum atomic E-state index is -0.0501. The van der Waals surface area contributed by atoms with Crippen LogP contribution in [0.3, 0.4) is 0 Å². The molecule has 0 aliphatic heterocycles. The molecule has 2 heterocycles. The molecule has 6 nitrogen and oxygen atoms in total. The third-order valence-corrected chi connectivity index (χ3v) is 3.80. The third-order valence-electron chi connectivity index (χ3n) is 2.84. The van der Waals surface area contributed by atoms with E-state index in [0.29, 0.717) is 6.54 Å². The highest BCUT2D eigenvalue weighted by atomic mass is 35.5. The van der Waals surface area contributed by atoms with E-state index >= 15 is 0 Å². The molecule has 3 rings (SSSR count). The number of hydrogen-bond acceptors (Lipinski definition) is 4. The number of hydrogen-bond donors (Lipinski definition) is 2. The first-order chi connectivity index (χ1) is 9.34. The molecule has 1 aromatic carbocycles. The molecule has 2 aromatic heterocycles. The van der Waals surface area contributed by atoms with E-state index in [1.165, 1.54) is 6.33 Å². The first-order valence-corrected chi connectivity index (χ1v) is 6.99. The van der Waals surface area contributed by atoms with Crippen LogP contribution in [0, 0.1) is 0 Å². The van der Waals surface area contributed by atoms with Crippen molar-refractivity contribution in [1.29, 1.82) is 0 Å². The molecule has 0 fully saturated rings. The summed E-state index contributed by atoms with van der Waals surface area (Å²) >= 11 is 1.61. The summed E-state index contributed by atoms with van der Waals surface area (Å²) in [4.78, 5) is 18.7. The van der Waals surface area contributed by atoms with Crippen LogP contribution in [-0.4, -0.2) is 30.5 Å². The first kappa shape index (κ1) is 14.7. The van der Waals surface area contributed by atoms with Crippen LogP contribution < -0.4 is 5.69 Å². The molecule has 106 valence electrons. The Morgan fingerprint density at radius 2 is 2.15 bits per heavy atom. The SMILES string of the molecule is Cl.O=c1[nH]c2ccccc2n1CCCSc1ncn[nH]1. The van der Waals surface area contributed by atoms with E-state index < -0.39 is 0 Å². The van der Waals surface area contributed by atoms with Crippen molar-refractivity contribution < 1.29 is 0 Å². The molecule has 0 spiro atoms. The van der Waals surface area contributed by atoms with Gasteiger partial charge in [-0.1, -0.05) is 23.9 Å². The molecule has 0 unspecified atom stereocenters. The fraction of sp³-hybridized carbons (Fsp3) is 0.250. The van der Waals surface area contributed by atoms with Gasteiger partial charge in [-0.05, 0) is 18.6 Å². The van der Waals surface area contributed by atoms with Crippen LogP contribution in [0.1, 0.15) is 6.42 Å². The van der Waals surface area contributed by atoms with Crippen molar-refractivity contribution in [1.82, 2.24) is 24.7 Å². The Morgan fingerprint density at radius 1 is 1.30 bits per heavy atom. The normalized spacial score (nSPS) is 10.6. The van der Waals surface area contributed by atoms with Gasteiger partial charge in [0.1, 0.15) is 6.33 Å². The van der Waals surface area contributed by atoms with Gasteiger partial charge in [0.2, 0.25) is 0 Å². The zero-order valence-electron chi connectivity index (χ0n) is 10.6. The van der Waals surface area contributed by atoms with Crippen LogP contribution in [0.5, 0.6) is 0 Å². The number of aromatic nitrogens is 5. The molecular formula is C12H14ClN5OS. The van der Waals surface area contributed by atoms with E-state index in [4.69, 9.17) is 0 Å². The maximum atomic E-state index is 11.8. The number of rotatable bonds is 5. The number of halogens is 1. The maximum Gasteiger partial charge on any atom is 0.326 e. The van der Waals surface area contributed by atoms with Crippen LogP contribution in [0.15, 0.2) is 40.5 Å². The number of aryl methyl sites for hydroxylation is 1. The average Bonchev–Trinajstić information content (AvgIpc) is 3.02. The Kier molecular flexibility index (Phi) is 4.86. The lowest BCUT2D eigenvalue weighted by Crippen LogP contribution is -2.17. The summed E-state index contributed by atoms with van der Waals surface area (Å²) in [7, 11) is 0. The van der Waals surface area contributed by atoms with E-state index in [2.05, 4.69) is 20.2 Å². The summed E-state index contributed by atoms with van der Waals surface area (Å²) in [5, 5.41) is 7.40. The topological polar surface area (TPSA) is 79.4 Å². The lowest BCUT2D eigenvalue weighted by atomic mass is 10.3. The van der Waals surface area contributed by atoms with Crippen molar-refractivity contribution in [3.63, 3.8) is 0 Å². The number of nitrogens with zero attached hydrogens (tertiary/aromatic N) is 3. The lowest BCUT2D eigenvalue weighted by molar-refractivity contribution is 0.679. The number of nitrogens with one attached hydrogen (secondary N) is 2. The van der Waals surface area contributed by atoms with Gasteiger partial charge in [-0.2, -0.15) is 5.10 Å². The predicted octanol–water partition coefficient (Wildman–Crippen LogP) is 2.05. The summed E-state index contributed by atoms with van der Waals surface area (Å²) in [6.07, 6.45) is 2.39. The van der Waals surface area contributed by atoms with Gasteiger partial charge in [0.15, 0.2) is 5.16 Å². The number of aromatic amines is 2. The van der Waals surface area contributed by atoms with Crippen molar-refractivity contribution >= 4 is 35.2 Å². The van der Waals surface area contributed by atoms with E-state index in [-0.39, 0.29) is 18.1 Å². The van der Waals surface area contributed by atoms with Gasteiger partial charge in [0.25, 0.3) is 0 Å². The number of imidazole rings is 1. The predicted molar refractivity (Wildman–Crippen MR) is 81.5 cm³/mol. The van der Waals surface area contributed by atoms with Crippen molar-refractivity contribution in [3.05, 3.63) is 41.1 Å². The van der Waals surface area contributed by atoms with Gasteiger partial charge in [-0.3, -0.25) is 9.67 Å². The molecule has 0 aliphatic carbocycles. The highest BCUT2D eigenvalue weighted by Gasteiger charge is 2.05. The van der Waals surface area contributed by atoms with E-state index in [9.17, 15) is 4.79 Å². The van der Waals surface area contributed by atoms with Crippen LogP contribution in [-0.2, 0) is 6.54 Å². The second-order valence-corrected chi connectivity index (χ2v) is 5.18. The lowest BCUT2D eigenvalue weighted by Gasteiger charge is -2.02. The van der Waals surface area contributed by atoms with Crippen LogP contribution in [0.25, 0.3) is 11.0 Å². The number of benzene rings is 1. The average molecular weight is 312 g/mol. The summed E-state index contributed by atoms with van der Waals surface area (Å²) in [5.41, 5.74) is 1.79. The number of thioether (sulfide) groups is 1. The molecule has 0 radical (unpaired) electrons.